The molecule has 0 aliphatic rings. The molecule has 0 aliphatic carbocycles. The van der Waals surface area contributed by atoms with E-state index in [1.54, 1.807) is 13.8 Å². The molecular formula is C19H36N4O6S. The molecule has 0 aliphatic heterocycles. The molecule has 0 saturated heterocycles. The van der Waals surface area contributed by atoms with E-state index in [1.807, 2.05) is 20.1 Å². The van der Waals surface area contributed by atoms with Crippen LogP contribution in [0, 0.1) is 11.8 Å². The third-order valence-electron chi connectivity index (χ3n) is 4.35. The zero-order valence-electron chi connectivity index (χ0n) is 18.3. The van der Waals surface area contributed by atoms with Crippen molar-refractivity contribution in [3.63, 3.8) is 0 Å². The molecule has 0 spiro atoms. The molecule has 4 atom stereocenters. The van der Waals surface area contributed by atoms with Crippen molar-refractivity contribution in [2.24, 2.45) is 17.6 Å². The van der Waals surface area contributed by atoms with Crippen LogP contribution in [-0.2, 0) is 19.2 Å². The van der Waals surface area contributed by atoms with Crippen molar-refractivity contribution < 1.29 is 29.4 Å². The minimum absolute atomic E-state index is 0.176. The predicted molar refractivity (Wildman–Crippen MR) is 116 cm³/mol. The van der Waals surface area contributed by atoms with Crippen LogP contribution in [0.15, 0.2) is 0 Å². The SMILES string of the molecule is CSCCC(NC(=O)C(CO)NC(=O)C(N)CC(C)C)C(=O)NC(C(=O)O)C(C)C. The Hall–Kier alpha value is -1.85. The molecule has 0 aromatic carbocycles. The fourth-order valence-electron chi connectivity index (χ4n) is 2.63. The van der Waals surface area contributed by atoms with E-state index in [9.17, 15) is 29.4 Å². The van der Waals surface area contributed by atoms with Gasteiger partial charge in [0.2, 0.25) is 17.7 Å². The van der Waals surface area contributed by atoms with Crippen molar-refractivity contribution in [3.05, 3.63) is 0 Å². The summed E-state index contributed by atoms with van der Waals surface area (Å²) in [5.74, 6) is -2.78. The first-order chi connectivity index (χ1) is 13.9. The lowest BCUT2D eigenvalue weighted by Gasteiger charge is -2.25. The molecule has 30 heavy (non-hydrogen) atoms. The minimum atomic E-state index is -1.28. The van der Waals surface area contributed by atoms with Crippen LogP contribution in [0.4, 0.5) is 0 Å². The molecule has 0 bridgehead atoms. The highest BCUT2D eigenvalue weighted by atomic mass is 32.2. The van der Waals surface area contributed by atoms with Gasteiger partial charge in [-0.3, -0.25) is 14.4 Å². The van der Waals surface area contributed by atoms with Crippen molar-refractivity contribution in [1.29, 1.82) is 0 Å². The standard InChI is InChI=1S/C19H36N4O6S/c1-10(2)8-12(20)16(25)22-14(9-24)18(27)21-13(6-7-30-5)17(26)23-15(11(3)4)19(28)29/h10-15,24H,6-9,20H2,1-5H3,(H,21,27)(H,22,25)(H,23,26)(H,28,29). The Balaban J connectivity index is 5.19. The van der Waals surface area contributed by atoms with Crippen LogP contribution >= 0.6 is 11.8 Å². The van der Waals surface area contributed by atoms with Gasteiger partial charge in [0.05, 0.1) is 12.6 Å². The molecule has 3 amide bonds. The van der Waals surface area contributed by atoms with Gasteiger partial charge in [0.25, 0.3) is 0 Å². The molecule has 0 aromatic rings. The smallest absolute Gasteiger partial charge is 0.326 e. The lowest BCUT2D eigenvalue weighted by atomic mass is 10.0. The number of nitrogens with one attached hydrogen (secondary N) is 3. The van der Waals surface area contributed by atoms with Crippen molar-refractivity contribution >= 4 is 35.5 Å². The molecule has 0 heterocycles. The van der Waals surface area contributed by atoms with E-state index >= 15 is 0 Å². The Morgan fingerprint density at radius 2 is 1.47 bits per heavy atom. The van der Waals surface area contributed by atoms with Gasteiger partial charge in [0, 0.05) is 0 Å². The summed E-state index contributed by atoms with van der Waals surface area (Å²) in [5.41, 5.74) is 5.80. The molecule has 0 rings (SSSR count). The number of nitrogens with two attached hydrogens (primary N) is 1. The van der Waals surface area contributed by atoms with E-state index in [2.05, 4.69) is 16.0 Å². The average Bonchev–Trinajstić information content (AvgIpc) is 2.65. The van der Waals surface area contributed by atoms with Crippen LogP contribution in [0.3, 0.4) is 0 Å². The topological polar surface area (TPSA) is 171 Å². The Kier molecular flexibility index (Phi) is 13.3. The average molecular weight is 449 g/mol. The Morgan fingerprint density at radius 3 is 1.90 bits per heavy atom. The van der Waals surface area contributed by atoms with E-state index in [1.165, 1.54) is 11.8 Å². The highest BCUT2D eigenvalue weighted by Crippen LogP contribution is 2.07. The number of amides is 3. The number of aliphatic hydroxyl groups is 1. The van der Waals surface area contributed by atoms with Crippen LogP contribution < -0.4 is 21.7 Å². The molecule has 11 heteroatoms. The van der Waals surface area contributed by atoms with Gasteiger partial charge < -0.3 is 31.9 Å². The van der Waals surface area contributed by atoms with Crippen molar-refractivity contribution in [2.75, 3.05) is 18.6 Å². The number of aliphatic carboxylic acids is 1. The molecule has 0 fully saturated rings. The highest BCUT2D eigenvalue weighted by molar-refractivity contribution is 7.98. The lowest BCUT2D eigenvalue weighted by Crippen LogP contribution is -2.58. The van der Waals surface area contributed by atoms with Gasteiger partial charge >= 0.3 is 5.97 Å². The van der Waals surface area contributed by atoms with E-state index in [0.29, 0.717) is 12.2 Å². The molecule has 0 radical (unpaired) electrons. The molecule has 174 valence electrons. The number of carboxylic acid groups (broad SMARTS) is 1. The second-order valence-corrected chi connectivity index (χ2v) is 8.88. The first-order valence-electron chi connectivity index (χ1n) is 9.93. The van der Waals surface area contributed by atoms with Crippen LogP contribution in [0.1, 0.15) is 40.5 Å². The maximum absolute atomic E-state index is 12.6. The molecule has 7 N–H and O–H groups in total. The first kappa shape index (κ1) is 28.1. The first-order valence-corrected chi connectivity index (χ1v) is 11.3. The molecule has 10 nitrogen and oxygen atoms in total. The van der Waals surface area contributed by atoms with Gasteiger partial charge in [-0.2, -0.15) is 11.8 Å². The van der Waals surface area contributed by atoms with Gasteiger partial charge in [-0.25, -0.2) is 4.79 Å². The number of carboxylic acids is 1. The maximum atomic E-state index is 12.6. The van der Waals surface area contributed by atoms with Crippen LogP contribution in [-0.4, -0.2) is 76.7 Å². The van der Waals surface area contributed by atoms with E-state index in [-0.39, 0.29) is 18.3 Å². The zero-order valence-corrected chi connectivity index (χ0v) is 19.1. The molecule has 4 unspecified atom stereocenters. The van der Waals surface area contributed by atoms with E-state index < -0.39 is 54.5 Å². The number of rotatable bonds is 14. The summed E-state index contributed by atoms with van der Waals surface area (Å²) >= 11 is 1.46. The number of carbonyl (C=O) groups excluding carboxylic acids is 3. The van der Waals surface area contributed by atoms with E-state index in [4.69, 9.17) is 5.73 Å². The number of carbonyl (C=O) groups is 4. The maximum Gasteiger partial charge on any atom is 0.326 e. The molecule has 0 saturated carbocycles. The second kappa shape index (κ2) is 14.2. The van der Waals surface area contributed by atoms with Gasteiger partial charge in [-0.15, -0.1) is 0 Å². The summed E-state index contributed by atoms with van der Waals surface area (Å²) in [6, 6.07) is -4.22. The van der Waals surface area contributed by atoms with Gasteiger partial charge in [-0.05, 0) is 36.7 Å². The van der Waals surface area contributed by atoms with Gasteiger partial charge in [0.1, 0.15) is 18.1 Å². The van der Waals surface area contributed by atoms with Crippen LogP contribution in [0.5, 0.6) is 0 Å². The zero-order chi connectivity index (χ0) is 23.4. The van der Waals surface area contributed by atoms with Crippen molar-refractivity contribution in [1.82, 2.24) is 16.0 Å². The monoisotopic (exact) mass is 448 g/mol. The molecule has 0 aromatic heterocycles. The quantitative estimate of drug-likeness (QED) is 0.202. The predicted octanol–water partition coefficient (Wildman–Crippen LogP) is -0.700. The number of aliphatic hydroxyl groups excluding tert-OH is 1. The van der Waals surface area contributed by atoms with Gasteiger partial charge in [0.15, 0.2) is 0 Å². The fourth-order valence-corrected chi connectivity index (χ4v) is 3.10. The lowest BCUT2D eigenvalue weighted by molar-refractivity contribution is -0.143. The summed E-state index contributed by atoms with van der Waals surface area (Å²) in [7, 11) is 0. The highest BCUT2D eigenvalue weighted by Gasteiger charge is 2.30. The van der Waals surface area contributed by atoms with Crippen molar-refractivity contribution in [2.45, 2.75) is 64.7 Å². The van der Waals surface area contributed by atoms with Crippen LogP contribution in [0.25, 0.3) is 0 Å². The van der Waals surface area contributed by atoms with Gasteiger partial charge in [-0.1, -0.05) is 27.7 Å². The Labute approximate surface area is 182 Å². The van der Waals surface area contributed by atoms with E-state index in [0.717, 1.165) is 0 Å². The summed E-state index contributed by atoms with van der Waals surface area (Å²) in [5, 5.41) is 26.1. The Bertz CT molecular complexity index is 587. The number of thioether (sulfide) groups is 1. The largest absolute Gasteiger partial charge is 0.480 e. The summed E-state index contributed by atoms with van der Waals surface area (Å²) < 4.78 is 0. The normalized spacial score (nSPS) is 15.2. The minimum Gasteiger partial charge on any atom is -0.480 e. The number of hydrogen-bond acceptors (Lipinski definition) is 7. The third kappa shape index (κ3) is 10.3. The summed E-state index contributed by atoms with van der Waals surface area (Å²) in [6.07, 6.45) is 2.50. The second-order valence-electron chi connectivity index (χ2n) is 7.89. The Morgan fingerprint density at radius 1 is 0.933 bits per heavy atom. The van der Waals surface area contributed by atoms with Crippen molar-refractivity contribution in [3.8, 4) is 0 Å². The summed E-state index contributed by atoms with van der Waals surface area (Å²) in [6.45, 7) is 6.45. The third-order valence-corrected chi connectivity index (χ3v) is 5.00. The summed E-state index contributed by atoms with van der Waals surface area (Å²) in [4.78, 5) is 48.7. The number of hydrogen-bond donors (Lipinski definition) is 6. The molecular weight excluding hydrogens is 412 g/mol. The van der Waals surface area contributed by atoms with Crippen LogP contribution in [0.2, 0.25) is 0 Å². The fraction of sp³-hybridized carbons (Fsp3) is 0.789.